The second-order valence-electron chi connectivity index (χ2n) is 10.7. The van der Waals surface area contributed by atoms with Crippen LogP contribution in [-0.4, -0.2) is 65.5 Å². The highest BCUT2D eigenvalue weighted by atomic mass is 28.3. The van der Waals surface area contributed by atoms with Gasteiger partial charge in [-0.05, 0) is 37.9 Å². The fourth-order valence-corrected chi connectivity index (χ4v) is 5.43. The second-order valence-corrected chi connectivity index (χ2v) is 16.3. The third-order valence-electron chi connectivity index (χ3n) is 6.88. The molecule has 2 aliphatic rings. The summed E-state index contributed by atoms with van der Waals surface area (Å²) in [5.74, 6) is -2.13. The highest BCUT2D eigenvalue weighted by molar-refractivity contribution is 6.76. The molecule has 190 valence electrons. The third kappa shape index (κ3) is 5.62. The molecule has 2 aromatic heterocycles. The van der Waals surface area contributed by atoms with Crippen molar-refractivity contribution in [2.24, 2.45) is 11.8 Å². The van der Waals surface area contributed by atoms with E-state index in [4.69, 9.17) is 9.47 Å². The standard InChI is InChI=1S/C24H33FN4O5Si/c1-33-21-9-16(18(25)13-26-21)20-10-19(28-29(20)14-34-7-8-35(2,3)4)22(30)17-12-24(17)11-15(23(31)32)5-6-27-24/h9-10,13,15,17,27H,5-8,11-12,14H2,1-4H3,(H,31,32). The minimum atomic E-state index is -1.29. The van der Waals surface area contributed by atoms with Gasteiger partial charge in [-0.15, -0.1) is 0 Å². The zero-order valence-electron chi connectivity index (χ0n) is 20.6. The fraction of sp³-hybridized carbons (Fsp3) is 0.583. The van der Waals surface area contributed by atoms with Gasteiger partial charge in [0, 0.05) is 37.8 Å². The summed E-state index contributed by atoms with van der Waals surface area (Å²) in [6.45, 7) is 7.95. The molecule has 0 aromatic carbocycles. The molecule has 4 rings (SSSR count). The van der Waals surface area contributed by atoms with Gasteiger partial charge < -0.3 is 19.9 Å². The van der Waals surface area contributed by atoms with Crippen LogP contribution in [-0.2, 0) is 16.3 Å². The number of carbonyl (C=O) groups excluding carboxylic acids is 1. The highest BCUT2D eigenvalue weighted by Crippen LogP contribution is 2.51. The van der Waals surface area contributed by atoms with Gasteiger partial charge in [0.15, 0.2) is 11.6 Å². The SMILES string of the molecule is COc1cc(-c2cc(C(=O)C3CC34CC(C(=O)O)CCN4)nn2COCC[Si](C)(C)C)c(F)cn1. The quantitative estimate of drug-likeness (QED) is 0.287. The molecule has 1 saturated carbocycles. The Bertz CT molecular complexity index is 1120. The number of carboxylic acid groups (broad SMARTS) is 1. The Hall–Kier alpha value is -2.63. The molecule has 3 unspecified atom stereocenters. The summed E-state index contributed by atoms with van der Waals surface area (Å²) < 4.78 is 27.3. The van der Waals surface area contributed by atoms with Crippen LogP contribution in [0.25, 0.3) is 11.3 Å². The summed E-state index contributed by atoms with van der Waals surface area (Å²) in [6, 6.07) is 4.01. The number of hydrogen-bond acceptors (Lipinski definition) is 7. The topological polar surface area (TPSA) is 116 Å². The zero-order chi connectivity index (χ0) is 25.4. The van der Waals surface area contributed by atoms with Crippen LogP contribution < -0.4 is 10.1 Å². The summed E-state index contributed by atoms with van der Waals surface area (Å²) in [5, 5.41) is 17.3. The van der Waals surface area contributed by atoms with Gasteiger partial charge in [-0.1, -0.05) is 19.6 Å². The largest absolute Gasteiger partial charge is 0.481 e. The van der Waals surface area contributed by atoms with Crippen molar-refractivity contribution in [3.63, 3.8) is 0 Å². The van der Waals surface area contributed by atoms with Crippen molar-refractivity contribution in [1.29, 1.82) is 0 Å². The number of rotatable bonds is 10. The molecular formula is C24H33FN4O5Si. The zero-order valence-corrected chi connectivity index (χ0v) is 21.6. The summed E-state index contributed by atoms with van der Waals surface area (Å²) in [7, 11) is 0.156. The number of Topliss-reactive ketones (excluding diaryl/α,β-unsaturated/α-hetero) is 1. The van der Waals surface area contributed by atoms with Crippen molar-refractivity contribution in [2.75, 3.05) is 20.3 Å². The molecule has 1 spiro atoms. The van der Waals surface area contributed by atoms with Gasteiger partial charge in [0.2, 0.25) is 5.88 Å². The van der Waals surface area contributed by atoms with E-state index in [9.17, 15) is 19.1 Å². The molecule has 2 aromatic rings. The van der Waals surface area contributed by atoms with Crippen LogP contribution >= 0.6 is 0 Å². The lowest BCUT2D eigenvalue weighted by atomic mass is 9.88. The van der Waals surface area contributed by atoms with Gasteiger partial charge in [0.1, 0.15) is 12.4 Å². The van der Waals surface area contributed by atoms with E-state index in [1.54, 1.807) is 6.07 Å². The predicted molar refractivity (Wildman–Crippen MR) is 130 cm³/mol. The molecule has 2 fully saturated rings. The van der Waals surface area contributed by atoms with Gasteiger partial charge in [-0.3, -0.25) is 9.59 Å². The number of piperidine rings is 1. The van der Waals surface area contributed by atoms with Crippen LogP contribution in [0.1, 0.15) is 29.8 Å². The van der Waals surface area contributed by atoms with E-state index >= 15 is 0 Å². The Morgan fingerprint density at radius 1 is 1.31 bits per heavy atom. The number of aliphatic carboxylic acids is 1. The predicted octanol–water partition coefficient (Wildman–Crippen LogP) is 3.43. The first-order valence-corrected chi connectivity index (χ1v) is 15.6. The van der Waals surface area contributed by atoms with Crippen molar-refractivity contribution in [1.82, 2.24) is 20.1 Å². The molecule has 3 heterocycles. The molecule has 11 heteroatoms. The van der Waals surface area contributed by atoms with Crippen LogP contribution in [0.5, 0.6) is 5.88 Å². The molecule has 0 radical (unpaired) electrons. The fourth-order valence-electron chi connectivity index (χ4n) is 4.68. The molecular weight excluding hydrogens is 471 g/mol. The second kappa shape index (κ2) is 9.79. The number of carbonyl (C=O) groups is 2. The summed E-state index contributed by atoms with van der Waals surface area (Å²) >= 11 is 0. The molecule has 1 aliphatic heterocycles. The van der Waals surface area contributed by atoms with Crippen LogP contribution in [0.3, 0.4) is 0 Å². The first kappa shape index (κ1) is 25.5. The highest BCUT2D eigenvalue weighted by Gasteiger charge is 2.60. The minimum Gasteiger partial charge on any atom is -0.481 e. The number of halogens is 1. The van der Waals surface area contributed by atoms with Gasteiger partial charge in [0.25, 0.3) is 0 Å². The number of carboxylic acids is 1. The van der Waals surface area contributed by atoms with E-state index in [1.807, 2.05) is 0 Å². The Labute approximate surface area is 205 Å². The number of hydrogen-bond donors (Lipinski definition) is 2. The maximum absolute atomic E-state index is 14.8. The normalized spacial score (nSPS) is 23.9. The molecule has 0 bridgehead atoms. The number of pyridine rings is 1. The van der Waals surface area contributed by atoms with Crippen LogP contribution in [0.4, 0.5) is 4.39 Å². The average Bonchev–Trinajstić information content (AvgIpc) is 3.31. The lowest BCUT2D eigenvalue weighted by Gasteiger charge is -2.28. The lowest BCUT2D eigenvalue weighted by molar-refractivity contribution is -0.143. The van der Waals surface area contributed by atoms with Crippen LogP contribution in [0.2, 0.25) is 25.7 Å². The number of ketones is 1. The van der Waals surface area contributed by atoms with Crippen LogP contribution in [0.15, 0.2) is 18.3 Å². The van der Waals surface area contributed by atoms with Crippen molar-refractivity contribution in [2.45, 2.75) is 57.2 Å². The molecule has 3 atom stereocenters. The van der Waals surface area contributed by atoms with E-state index in [0.717, 1.165) is 12.2 Å². The molecule has 0 amide bonds. The maximum Gasteiger partial charge on any atom is 0.306 e. The molecule has 2 N–H and O–H groups in total. The van der Waals surface area contributed by atoms with Gasteiger partial charge in [-0.25, -0.2) is 14.1 Å². The Balaban J connectivity index is 1.59. The summed E-state index contributed by atoms with van der Waals surface area (Å²) in [6.07, 6.45) is 2.62. The Morgan fingerprint density at radius 2 is 2.09 bits per heavy atom. The molecule has 35 heavy (non-hydrogen) atoms. The monoisotopic (exact) mass is 504 g/mol. The molecule has 1 aliphatic carbocycles. The third-order valence-corrected chi connectivity index (χ3v) is 8.58. The van der Waals surface area contributed by atoms with E-state index in [1.165, 1.54) is 17.9 Å². The van der Waals surface area contributed by atoms with Gasteiger partial charge in [-0.2, -0.15) is 5.10 Å². The first-order valence-electron chi connectivity index (χ1n) is 11.9. The van der Waals surface area contributed by atoms with Crippen molar-refractivity contribution in [3.05, 3.63) is 29.8 Å². The minimum absolute atomic E-state index is 0.0757. The number of aromatic nitrogens is 3. The lowest BCUT2D eigenvalue weighted by Crippen LogP contribution is -2.44. The van der Waals surface area contributed by atoms with Gasteiger partial charge in [0.05, 0.1) is 24.9 Å². The van der Waals surface area contributed by atoms with Crippen molar-refractivity contribution < 1.29 is 28.6 Å². The van der Waals surface area contributed by atoms with Gasteiger partial charge >= 0.3 is 5.97 Å². The number of ether oxygens (including phenoxy) is 2. The maximum atomic E-state index is 14.8. The molecule has 1 saturated heterocycles. The smallest absolute Gasteiger partial charge is 0.306 e. The first-order chi connectivity index (χ1) is 16.5. The summed E-state index contributed by atoms with van der Waals surface area (Å²) in [4.78, 5) is 28.8. The Morgan fingerprint density at radius 3 is 2.77 bits per heavy atom. The van der Waals surface area contributed by atoms with E-state index in [0.29, 0.717) is 38.1 Å². The average molecular weight is 505 g/mol. The molecule has 9 nitrogen and oxygen atoms in total. The number of nitrogens with one attached hydrogen (secondary N) is 1. The van der Waals surface area contributed by atoms with E-state index in [-0.39, 0.29) is 35.6 Å². The number of methoxy groups -OCH3 is 1. The van der Waals surface area contributed by atoms with Crippen LogP contribution in [0, 0.1) is 17.7 Å². The summed E-state index contributed by atoms with van der Waals surface area (Å²) in [5.41, 5.74) is 0.324. The Kier molecular flexibility index (Phi) is 7.12. The van der Waals surface area contributed by atoms with Crippen molar-refractivity contribution >= 4 is 19.8 Å². The van der Waals surface area contributed by atoms with E-state index < -0.39 is 31.3 Å². The van der Waals surface area contributed by atoms with E-state index in [2.05, 4.69) is 35.0 Å². The van der Waals surface area contributed by atoms with Crippen molar-refractivity contribution in [3.8, 4) is 17.1 Å². The number of nitrogens with zero attached hydrogens (tertiary/aromatic N) is 3.